The molecule has 0 spiro atoms. The van der Waals surface area contributed by atoms with E-state index in [-0.39, 0.29) is 10.7 Å². The van der Waals surface area contributed by atoms with Gasteiger partial charge < -0.3 is 4.74 Å². The number of hydrogen-bond acceptors (Lipinski definition) is 4. The maximum atomic E-state index is 12.0. The third-order valence-electron chi connectivity index (χ3n) is 2.74. The van der Waals surface area contributed by atoms with E-state index >= 15 is 0 Å². The lowest BCUT2D eigenvalue weighted by molar-refractivity contribution is 0.101. The number of ether oxygens (including phenoxy) is 1. The van der Waals surface area contributed by atoms with E-state index < -0.39 is 15.8 Å². The van der Waals surface area contributed by atoms with E-state index in [2.05, 4.69) is 0 Å². The van der Waals surface area contributed by atoms with E-state index in [9.17, 15) is 13.2 Å². The summed E-state index contributed by atoms with van der Waals surface area (Å²) in [5.74, 6) is -0.0702. The van der Waals surface area contributed by atoms with E-state index in [0.29, 0.717) is 11.3 Å². The van der Waals surface area contributed by atoms with Gasteiger partial charge in [-0.25, -0.2) is 8.42 Å². The largest absolute Gasteiger partial charge is 0.477 e. The zero-order valence-corrected chi connectivity index (χ0v) is 11.8. The van der Waals surface area contributed by atoms with Crippen molar-refractivity contribution < 1.29 is 17.9 Å². The molecule has 0 atom stereocenters. The van der Waals surface area contributed by atoms with Crippen LogP contribution in [0.5, 0.6) is 5.75 Å². The van der Waals surface area contributed by atoms with Gasteiger partial charge in [-0.15, -0.1) is 0 Å². The molecule has 0 unspecified atom stereocenters. The molecule has 0 saturated heterocycles. The molecular weight excluding hydrogens is 276 g/mol. The first-order valence-electron chi connectivity index (χ1n) is 6.01. The Bertz CT molecular complexity index is 688. The molecular formula is C15H14O4S. The molecule has 0 radical (unpaired) electrons. The minimum atomic E-state index is -3.47. The Morgan fingerprint density at radius 2 is 1.60 bits per heavy atom. The molecule has 104 valence electrons. The molecule has 0 N–H and O–H groups in total. The van der Waals surface area contributed by atoms with Gasteiger partial charge in [0.2, 0.25) is 9.84 Å². The fourth-order valence-electron chi connectivity index (χ4n) is 1.63. The number of Topliss-reactive ketones (excluding diaryl/α,β-unsaturated/α-hetero) is 1. The van der Waals surface area contributed by atoms with Crippen LogP contribution >= 0.6 is 0 Å². The van der Waals surface area contributed by atoms with Gasteiger partial charge in [-0.1, -0.05) is 18.2 Å². The van der Waals surface area contributed by atoms with Gasteiger partial charge in [-0.05, 0) is 43.3 Å². The van der Waals surface area contributed by atoms with Crippen LogP contribution < -0.4 is 4.74 Å². The summed E-state index contributed by atoms with van der Waals surface area (Å²) in [6.07, 6.45) is 0. The van der Waals surface area contributed by atoms with Gasteiger partial charge in [0.15, 0.2) is 11.7 Å². The molecule has 4 nitrogen and oxygen atoms in total. The number of sulfone groups is 1. The number of carbonyl (C=O) groups is 1. The Hall–Kier alpha value is -2.14. The first kappa shape index (κ1) is 14.3. The van der Waals surface area contributed by atoms with Crippen molar-refractivity contribution in [2.24, 2.45) is 0 Å². The molecule has 0 bridgehead atoms. The van der Waals surface area contributed by atoms with Gasteiger partial charge in [0.25, 0.3) is 0 Å². The molecule has 2 aromatic carbocycles. The molecule has 5 heteroatoms. The average molecular weight is 290 g/mol. The van der Waals surface area contributed by atoms with E-state index in [0.717, 1.165) is 0 Å². The van der Waals surface area contributed by atoms with Gasteiger partial charge >= 0.3 is 0 Å². The first-order valence-corrected chi connectivity index (χ1v) is 7.66. The SMILES string of the molecule is CC(=O)c1ccc(OCS(=O)(=O)c2ccccc2)cc1. The minimum Gasteiger partial charge on any atom is -0.477 e. The summed E-state index contributed by atoms with van der Waals surface area (Å²) >= 11 is 0. The Labute approximate surface area is 117 Å². The summed E-state index contributed by atoms with van der Waals surface area (Å²) in [5.41, 5.74) is 0.559. The topological polar surface area (TPSA) is 60.4 Å². The fraction of sp³-hybridized carbons (Fsp3) is 0.133. The second-order valence-electron chi connectivity index (χ2n) is 4.27. The third-order valence-corrected chi connectivity index (χ3v) is 4.16. The Kier molecular flexibility index (Phi) is 4.20. The van der Waals surface area contributed by atoms with Crippen molar-refractivity contribution in [2.75, 3.05) is 5.94 Å². The van der Waals surface area contributed by atoms with Crippen molar-refractivity contribution in [1.82, 2.24) is 0 Å². The van der Waals surface area contributed by atoms with Crippen LogP contribution in [0, 0.1) is 0 Å². The highest BCUT2D eigenvalue weighted by Crippen LogP contribution is 2.16. The van der Waals surface area contributed by atoms with E-state index in [1.54, 1.807) is 42.5 Å². The van der Waals surface area contributed by atoms with Gasteiger partial charge in [-0.2, -0.15) is 0 Å². The van der Waals surface area contributed by atoms with Crippen molar-refractivity contribution in [3.05, 3.63) is 60.2 Å². The van der Waals surface area contributed by atoms with Gasteiger partial charge in [0.05, 0.1) is 4.90 Å². The average Bonchev–Trinajstić information content (AvgIpc) is 2.46. The number of carbonyl (C=O) groups excluding carboxylic acids is 1. The van der Waals surface area contributed by atoms with Crippen LogP contribution in [0.15, 0.2) is 59.5 Å². The summed E-state index contributed by atoms with van der Waals surface area (Å²) in [4.78, 5) is 11.3. The van der Waals surface area contributed by atoms with E-state index in [1.807, 2.05) is 0 Å². The second-order valence-corrected chi connectivity index (χ2v) is 6.21. The van der Waals surface area contributed by atoms with Crippen LogP contribution in [0.25, 0.3) is 0 Å². The number of hydrogen-bond donors (Lipinski definition) is 0. The van der Waals surface area contributed by atoms with Crippen molar-refractivity contribution in [2.45, 2.75) is 11.8 Å². The molecule has 0 aliphatic carbocycles. The zero-order chi connectivity index (χ0) is 14.6. The third kappa shape index (κ3) is 3.45. The molecule has 0 aliphatic heterocycles. The molecule has 20 heavy (non-hydrogen) atoms. The molecule has 0 fully saturated rings. The van der Waals surface area contributed by atoms with E-state index in [1.165, 1.54) is 19.1 Å². The maximum Gasteiger partial charge on any atom is 0.213 e. The zero-order valence-electron chi connectivity index (χ0n) is 10.9. The summed E-state index contributed by atoms with van der Waals surface area (Å²) in [7, 11) is -3.47. The molecule has 2 aromatic rings. The lowest BCUT2D eigenvalue weighted by Crippen LogP contribution is -2.12. The Balaban J connectivity index is 2.07. The Morgan fingerprint density at radius 3 is 2.15 bits per heavy atom. The monoisotopic (exact) mass is 290 g/mol. The number of rotatable bonds is 5. The number of benzene rings is 2. The van der Waals surface area contributed by atoms with Gasteiger partial charge in [-0.3, -0.25) is 4.79 Å². The molecule has 0 aromatic heterocycles. The van der Waals surface area contributed by atoms with Gasteiger partial charge in [0.1, 0.15) is 5.75 Å². The summed E-state index contributed by atoms with van der Waals surface area (Å²) in [6, 6.07) is 14.5. The van der Waals surface area contributed by atoms with Crippen LogP contribution in [0.4, 0.5) is 0 Å². The predicted molar refractivity (Wildman–Crippen MR) is 75.6 cm³/mol. The van der Waals surface area contributed by atoms with Crippen molar-refractivity contribution >= 4 is 15.6 Å². The second kappa shape index (κ2) is 5.88. The summed E-state index contributed by atoms with van der Waals surface area (Å²) in [6.45, 7) is 1.47. The summed E-state index contributed by atoms with van der Waals surface area (Å²) < 4.78 is 29.3. The highest BCUT2D eigenvalue weighted by molar-refractivity contribution is 7.91. The normalized spacial score (nSPS) is 11.1. The van der Waals surface area contributed by atoms with Crippen LogP contribution in [-0.4, -0.2) is 20.1 Å². The van der Waals surface area contributed by atoms with Crippen LogP contribution in [0.2, 0.25) is 0 Å². The smallest absolute Gasteiger partial charge is 0.213 e. The van der Waals surface area contributed by atoms with Crippen LogP contribution in [0.1, 0.15) is 17.3 Å². The minimum absolute atomic E-state index is 0.0477. The van der Waals surface area contributed by atoms with Gasteiger partial charge in [0, 0.05) is 5.56 Å². The lowest BCUT2D eigenvalue weighted by Gasteiger charge is -2.07. The highest BCUT2D eigenvalue weighted by atomic mass is 32.2. The van der Waals surface area contributed by atoms with Crippen molar-refractivity contribution in [1.29, 1.82) is 0 Å². The van der Waals surface area contributed by atoms with Crippen LogP contribution in [0.3, 0.4) is 0 Å². The number of ketones is 1. The Morgan fingerprint density at radius 1 is 1.00 bits per heavy atom. The van der Waals surface area contributed by atoms with E-state index in [4.69, 9.17) is 4.74 Å². The molecule has 2 rings (SSSR count). The molecule has 0 saturated carbocycles. The van der Waals surface area contributed by atoms with Crippen LogP contribution in [-0.2, 0) is 9.84 Å². The fourth-order valence-corrected chi connectivity index (χ4v) is 2.63. The summed E-state index contributed by atoms with van der Waals surface area (Å²) in [5, 5.41) is 0. The molecule has 0 heterocycles. The molecule has 0 amide bonds. The predicted octanol–water partition coefficient (Wildman–Crippen LogP) is 2.70. The lowest BCUT2D eigenvalue weighted by atomic mass is 10.1. The van der Waals surface area contributed by atoms with Crippen molar-refractivity contribution in [3.8, 4) is 5.75 Å². The maximum absolute atomic E-state index is 12.0. The highest BCUT2D eigenvalue weighted by Gasteiger charge is 2.14. The van der Waals surface area contributed by atoms with Crippen molar-refractivity contribution in [3.63, 3.8) is 0 Å². The standard InChI is InChI=1S/C15H14O4S/c1-12(16)13-7-9-14(10-8-13)19-11-20(17,18)15-5-3-2-4-6-15/h2-10H,11H2,1H3. The first-order chi connectivity index (χ1) is 9.49. The quantitative estimate of drug-likeness (QED) is 0.794. The molecule has 0 aliphatic rings.